The molecule has 124 valence electrons. The minimum absolute atomic E-state index is 0.157. The normalized spacial score (nSPS) is 32.6. The second-order valence-electron chi connectivity index (χ2n) is 6.55. The summed E-state index contributed by atoms with van der Waals surface area (Å²) in [5.74, 6) is 0.302. The first kappa shape index (κ1) is 17.2. The molecule has 0 aliphatic carbocycles. The third kappa shape index (κ3) is 4.65. The van der Waals surface area contributed by atoms with Gasteiger partial charge in [-0.2, -0.15) is 4.31 Å². The van der Waals surface area contributed by atoms with Crippen LogP contribution >= 0.6 is 0 Å². The van der Waals surface area contributed by atoms with Crippen LogP contribution in [0.15, 0.2) is 0 Å². The van der Waals surface area contributed by atoms with E-state index in [4.69, 9.17) is 4.74 Å². The molecule has 0 saturated carbocycles. The highest BCUT2D eigenvalue weighted by molar-refractivity contribution is 7.89. The highest BCUT2D eigenvalue weighted by Gasteiger charge is 2.35. The van der Waals surface area contributed by atoms with E-state index in [1.807, 2.05) is 6.92 Å². The maximum atomic E-state index is 12.5. The average Bonchev–Trinajstić information content (AvgIpc) is 2.84. The van der Waals surface area contributed by atoms with E-state index in [1.54, 1.807) is 4.31 Å². The summed E-state index contributed by atoms with van der Waals surface area (Å²) in [6, 6.07) is 0.157. The first-order valence-corrected chi connectivity index (χ1v) is 9.90. The third-order valence-electron chi connectivity index (χ3n) is 4.40. The van der Waals surface area contributed by atoms with Crippen LogP contribution in [0.1, 0.15) is 46.5 Å². The van der Waals surface area contributed by atoms with Crippen molar-refractivity contribution in [2.75, 3.05) is 31.9 Å². The lowest BCUT2D eigenvalue weighted by atomic mass is 10.1. The van der Waals surface area contributed by atoms with Crippen molar-refractivity contribution in [3.8, 4) is 0 Å². The fraction of sp³-hybridized carbons (Fsp3) is 1.00. The Morgan fingerprint density at radius 3 is 2.48 bits per heavy atom. The van der Waals surface area contributed by atoms with Crippen molar-refractivity contribution in [3.05, 3.63) is 0 Å². The fourth-order valence-corrected chi connectivity index (χ4v) is 5.45. The van der Waals surface area contributed by atoms with Gasteiger partial charge >= 0.3 is 0 Å². The molecule has 0 amide bonds. The minimum Gasteiger partial charge on any atom is -0.373 e. The van der Waals surface area contributed by atoms with Gasteiger partial charge in [0.1, 0.15) is 0 Å². The second kappa shape index (κ2) is 7.40. The van der Waals surface area contributed by atoms with Crippen molar-refractivity contribution in [1.29, 1.82) is 0 Å². The summed E-state index contributed by atoms with van der Waals surface area (Å²) in [7, 11) is -3.07. The molecule has 6 heteroatoms. The molecule has 21 heavy (non-hydrogen) atoms. The number of ether oxygens (including phenoxy) is 1. The summed E-state index contributed by atoms with van der Waals surface area (Å²) < 4.78 is 32.4. The van der Waals surface area contributed by atoms with Crippen LogP contribution in [0.2, 0.25) is 0 Å². The van der Waals surface area contributed by atoms with Gasteiger partial charge in [-0.25, -0.2) is 8.42 Å². The molecule has 0 bridgehead atoms. The molecule has 0 aromatic heterocycles. The van der Waals surface area contributed by atoms with E-state index >= 15 is 0 Å². The molecule has 2 fully saturated rings. The van der Waals surface area contributed by atoms with Gasteiger partial charge in [-0.3, -0.25) is 4.90 Å². The van der Waals surface area contributed by atoms with E-state index in [1.165, 1.54) is 0 Å². The van der Waals surface area contributed by atoms with Crippen LogP contribution in [0.4, 0.5) is 0 Å². The minimum atomic E-state index is -3.07. The molecule has 0 N–H and O–H groups in total. The van der Waals surface area contributed by atoms with E-state index in [0.29, 0.717) is 12.3 Å². The topological polar surface area (TPSA) is 49.9 Å². The summed E-state index contributed by atoms with van der Waals surface area (Å²) >= 11 is 0. The molecule has 0 aromatic rings. The van der Waals surface area contributed by atoms with Gasteiger partial charge in [0.2, 0.25) is 10.0 Å². The molecule has 3 atom stereocenters. The van der Waals surface area contributed by atoms with Crippen LogP contribution < -0.4 is 0 Å². The fourth-order valence-electron chi connectivity index (χ4n) is 3.53. The predicted octanol–water partition coefficient (Wildman–Crippen LogP) is 1.69. The molecule has 2 rings (SSSR count). The van der Waals surface area contributed by atoms with Gasteiger partial charge in [0.15, 0.2) is 0 Å². The molecule has 5 nitrogen and oxygen atoms in total. The van der Waals surface area contributed by atoms with Gasteiger partial charge in [0.25, 0.3) is 0 Å². The van der Waals surface area contributed by atoms with E-state index in [-0.39, 0.29) is 18.2 Å². The summed E-state index contributed by atoms with van der Waals surface area (Å²) in [6.07, 6.45) is 4.14. The number of rotatable bonds is 6. The third-order valence-corrected chi connectivity index (χ3v) is 6.40. The number of sulfonamides is 1. The zero-order valence-corrected chi connectivity index (χ0v) is 14.4. The van der Waals surface area contributed by atoms with Gasteiger partial charge in [-0.05, 0) is 33.1 Å². The molecule has 2 aliphatic rings. The Bertz CT molecular complexity index is 417. The first-order chi connectivity index (χ1) is 9.92. The van der Waals surface area contributed by atoms with Crippen molar-refractivity contribution in [2.45, 2.75) is 64.7 Å². The van der Waals surface area contributed by atoms with E-state index in [2.05, 4.69) is 18.7 Å². The molecule has 2 saturated heterocycles. The van der Waals surface area contributed by atoms with Crippen LogP contribution in [-0.2, 0) is 14.8 Å². The quantitative estimate of drug-likeness (QED) is 0.748. The van der Waals surface area contributed by atoms with Gasteiger partial charge in [-0.15, -0.1) is 0 Å². The standard InChI is InChI=1S/C15H30N2O3S/c1-4-5-9-21(18,19)17-8-6-7-15(17)12-16-10-13(2)20-14(3)11-16/h13-15H,4-12H2,1-3H3/t13-,14+,15-/m1/s1. The number of hydrogen-bond acceptors (Lipinski definition) is 4. The van der Waals surface area contributed by atoms with E-state index < -0.39 is 10.0 Å². The van der Waals surface area contributed by atoms with Crippen molar-refractivity contribution < 1.29 is 13.2 Å². The molecule has 0 radical (unpaired) electrons. The van der Waals surface area contributed by atoms with Crippen molar-refractivity contribution in [2.24, 2.45) is 0 Å². The molecule has 0 aromatic carbocycles. The highest BCUT2D eigenvalue weighted by atomic mass is 32.2. The summed E-state index contributed by atoms with van der Waals surface area (Å²) in [5.41, 5.74) is 0. The van der Waals surface area contributed by atoms with Gasteiger partial charge < -0.3 is 4.74 Å². The SMILES string of the molecule is CCCCS(=O)(=O)N1CCC[C@@H]1CN1C[C@@H](C)O[C@@H](C)C1. The van der Waals surface area contributed by atoms with Crippen molar-refractivity contribution >= 4 is 10.0 Å². The van der Waals surface area contributed by atoms with Crippen molar-refractivity contribution in [1.82, 2.24) is 9.21 Å². The Labute approximate surface area is 129 Å². The molecule has 0 unspecified atom stereocenters. The maximum Gasteiger partial charge on any atom is 0.214 e. The smallest absolute Gasteiger partial charge is 0.214 e. The van der Waals surface area contributed by atoms with Crippen LogP contribution in [0.25, 0.3) is 0 Å². The molecule has 0 spiro atoms. The Morgan fingerprint density at radius 1 is 1.19 bits per heavy atom. The lowest BCUT2D eigenvalue weighted by molar-refractivity contribution is -0.0707. The molecular formula is C15H30N2O3S. The zero-order valence-electron chi connectivity index (χ0n) is 13.6. The van der Waals surface area contributed by atoms with Gasteiger partial charge in [0.05, 0.1) is 18.0 Å². The predicted molar refractivity (Wildman–Crippen MR) is 84.9 cm³/mol. The summed E-state index contributed by atoms with van der Waals surface area (Å²) in [6.45, 7) is 9.58. The van der Waals surface area contributed by atoms with Crippen LogP contribution in [0.5, 0.6) is 0 Å². The zero-order chi connectivity index (χ0) is 15.5. The lowest BCUT2D eigenvalue weighted by Crippen LogP contribution is -2.51. The van der Waals surface area contributed by atoms with Crippen molar-refractivity contribution in [3.63, 3.8) is 0 Å². The second-order valence-corrected chi connectivity index (χ2v) is 8.59. The Balaban J connectivity index is 1.95. The largest absolute Gasteiger partial charge is 0.373 e. The first-order valence-electron chi connectivity index (χ1n) is 8.29. The Morgan fingerprint density at radius 2 is 1.86 bits per heavy atom. The van der Waals surface area contributed by atoms with E-state index in [9.17, 15) is 8.42 Å². The number of nitrogens with zero attached hydrogens (tertiary/aromatic N) is 2. The Kier molecular flexibility index (Phi) is 6.05. The van der Waals surface area contributed by atoms with E-state index in [0.717, 1.165) is 45.3 Å². The molecule has 2 heterocycles. The number of morpholine rings is 1. The van der Waals surface area contributed by atoms with Crippen LogP contribution in [0.3, 0.4) is 0 Å². The lowest BCUT2D eigenvalue weighted by Gasteiger charge is -2.38. The maximum absolute atomic E-state index is 12.5. The van der Waals surface area contributed by atoms with Crippen LogP contribution in [-0.4, -0.2) is 67.8 Å². The van der Waals surface area contributed by atoms with Crippen LogP contribution in [0, 0.1) is 0 Å². The molecule has 2 aliphatic heterocycles. The average molecular weight is 318 g/mol. The summed E-state index contributed by atoms with van der Waals surface area (Å²) in [5, 5.41) is 0. The highest BCUT2D eigenvalue weighted by Crippen LogP contribution is 2.24. The number of hydrogen-bond donors (Lipinski definition) is 0. The van der Waals surface area contributed by atoms with Gasteiger partial charge in [0, 0.05) is 32.2 Å². The molecular weight excluding hydrogens is 288 g/mol. The summed E-state index contributed by atoms with van der Waals surface area (Å²) in [4.78, 5) is 2.37. The van der Waals surface area contributed by atoms with Gasteiger partial charge in [-0.1, -0.05) is 13.3 Å². The monoisotopic (exact) mass is 318 g/mol. The Hall–Kier alpha value is -0.170. The number of unbranched alkanes of at least 4 members (excludes halogenated alkanes) is 1.